The van der Waals surface area contributed by atoms with Crippen molar-refractivity contribution in [2.24, 2.45) is 0 Å². The van der Waals surface area contributed by atoms with Crippen molar-refractivity contribution in [2.75, 3.05) is 0 Å². The first-order valence-electron chi connectivity index (χ1n) is 4.66. The van der Waals surface area contributed by atoms with Crippen LogP contribution in [0.3, 0.4) is 0 Å². The number of alkyl halides is 3. The van der Waals surface area contributed by atoms with Crippen LogP contribution in [0.4, 0.5) is 17.6 Å². The molecule has 0 nitrogen and oxygen atoms in total. The normalized spacial score (nSPS) is 10.7. The van der Waals surface area contributed by atoms with E-state index in [-0.39, 0.29) is 5.56 Å². The van der Waals surface area contributed by atoms with E-state index in [2.05, 4.69) is 0 Å². The van der Waals surface area contributed by atoms with Crippen molar-refractivity contribution in [3.63, 3.8) is 0 Å². The van der Waals surface area contributed by atoms with Gasteiger partial charge in [0.25, 0.3) is 0 Å². The molecule has 1 aromatic carbocycles. The lowest BCUT2D eigenvalue weighted by atomic mass is 10.1. The molecular formula is C11H14F4. The second kappa shape index (κ2) is 5.14. The molecule has 15 heavy (non-hydrogen) atoms. The first-order valence-corrected chi connectivity index (χ1v) is 4.66. The van der Waals surface area contributed by atoms with Gasteiger partial charge in [0.2, 0.25) is 0 Å². The third kappa shape index (κ3) is 3.53. The van der Waals surface area contributed by atoms with Crippen molar-refractivity contribution in [1.29, 1.82) is 0 Å². The van der Waals surface area contributed by atoms with Crippen LogP contribution in [-0.2, 0) is 6.18 Å². The van der Waals surface area contributed by atoms with Gasteiger partial charge in [-0.2, -0.15) is 13.2 Å². The quantitative estimate of drug-likeness (QED) is 0.567. The first kappa shape index (κ1) is 13.9. The predicted molar refractivity (Wildman–Crippen MR) is 52.2 cm³/mol. The molecule has 0 spiro atoms. The third-order valence-electron chi connectivity index (χ3n) is 1.70. The van der Waals surface area contributed by atoms with Crippen molar-refractivity contribution >= 4 is 0 Å². The molecule has 0 radical (unpaired) electrons. The van der Waals surface area contributed by atoms with Gasteiger partial charge in [-0.3, -0.25) is 0 Å². The molecule has 0 fully saturated rings. The standard InChI is InChI=1S/C9H8F4.C2H6/c1-5-3-6(2)8(10)7(4-5)9(11,12)13;1-2/h3-4H,1-2H3;1-2H3. The Morgan fingerprint density at radius 3 is 1.87 bits per heavy atom. The number of halogens is 4. The van der Waals surface area contributed by atoms with Gasteiger partial charge in [-0.25, -0.2) is 4.39 Å². The number of hydrogen-bond donors (Lipinski definition) is 0. The van der Waals surface area contributed by atoms with Crippen LogP contribution < -0.4 is 0 Å². The Bertz CT molecular complexity index is 326. The number of rotatable bonds is 0. The van der Waals surface area contributed by atoms with Crippen molar-refractivity contribution < 1.29 is 17.6 Å². The summed E-state index contributed by atoms with van der Waals surface area (Å²) in [5.41, 5.74) is -0.761. The lowest BCUT2D eigenvalue weighted by Crippen LogP contribution is -2.09. The molecule has 1 rings (SSSR count). The van der Waals surface area contributed by atoms with Crippen LogP contribution in [0.1, 0.15) is 30.5 Å². The predicted octanol–water partition coefficient (Wildman–Crippen LogP) is 4.49. The smallest absolute Gasteiger partial charge is 0.206 e. The molecule has 0 heterocycles. The molecule has 0 saturated carbocycles. The van der Waals surface area contributed by atoms with Crippen LogP contribution in [0, 0.1) is 19.7 Å². The minimum Gasteiger partial charge on any atom is -0.206 e. The van der Waals surface area contributed by atoms with Crippen LogP contribution in [0.2, 0.25) is 0 Å². The highest BCUT2D eigenvalue weighted by atomic mass is 19.4. The Morgan fingerprint density at radius 2 is 1.47 bits per heavy atom. The molecular weight excluding hydrogens is 208 g/mol. The van der Waals surface area contributed by atoms with E-state index in [0.29, 0.717) is 5.56 Å². The summed E-state index contributed by atoms with van der Waals surface area (Å²) in [6, 6.07) is 2.19. The second-order valence-corrected chi connectivity index (χ2v) is 2.94. The van der Waals surface area contributed by atoms with Gasteiger partial charge < -0.3 is 0 Å². The minimum atomic E-state index is -4.61. The molecule has 0 aromatic heterocycles. The maximum Gasteiger partial charge on any atom is 0.419 e. The summed E-state index contributed by atoms with van der Waals surface area (Å²) in [7, 11) is 0. The Kier molecular flexibility index (Phi) is 4.78. The fourth-order valence-electron chi connectivity index (χ4n) is 1.16. The average molecular weight is 222 g/mol. The first-order chi connectivity index (χ1) is 6.82. The zero-order valence-electron chi connectivity index (χ0n) is 9.17. The highest BCUT2D eigenvalue weighted by Gasteiger charge is 2.34. The lowest BCUT2D eigenvalue weighted by molar-refractivity contribution is -0.140. The summed E-state index contributed by atoms with van der Waals surface area (Å²) in [5.74, 6) is -1.18. The molecule has 0 aliphatic rings. The molecule has 0 atom stereocenters. The van der Waals surface area contributed by atoms with Gasteiger partial charge in [0, 0.05) is 0 Å². The van der Waals surface area contributed by atoms with Gasteiger partial charge in [0.1, 0.15) is 5.82 Å². The Morgan fingerprint density at radius 1 is 1.00 bits per heavy atom. The van der Waals surface area contributed by atoms with E-state index in [0.717, 1.165) is 6.07 Å². The SMILES string of the molecule is CC.Cc1cc(C)c(F)c(C(F)(F)F)c1. The van der Waals surface area contributed by atoms with E-state index in [1.165, 1.54) is 19.9 Å². The maximum absolute atomic E-state index is 13.0. The molecule has 0 bridgehead atoms. The largest absolute Gasteiger partial charge is 0.419 e. The van der Waals surface area contributed by atoms with E-state index < -0.39 is 17.6 Å². The minimum absolute atomic E-state index is 0.0207. The van der Waals surface area contributed by atoms with Crippen molar-refractivity contribution in [3.05, 3.63) is 34.6 Å². The number of benzene rings is 1. The highest BCUT2D eigenvalue weighted by Crippen LogP contribution is 2.33. The molecule has 86 valence electrons. The van der Waals surface area contributed by atoms with Gasteiger partial charge in [0.15, 0.2) is 0 Å². The van der Waals surface area contributed by atoms with E-state index in [9.17, 15) is 17.6 Å². The number of hydrogen-bond acceptors (Lipinski definition) is 0. The van der Waals surface area contributed by atoms with Crippen molar-refractivity contribution in [3.8, 4) is 0 Å². The van der Waals surface area contributed by atoms with Crippen LogP contribution >= 0.6 is 0 Å². The summed E-state index contributed by atoms with van der Waals surface area (Å²) >= 11 is 0. The zero-order chi connectivity index (χ0) is 12.2. The van der Waals surface area contributed by atoms with Crippen molar-refractivity contribution in [1.82, 2.24) is 0 Å². The molecule has 0 aliphatic heterocycles. The van der Waals surface area contributed by atoms with Gasteiger partial charge in [-0.05, 0) is 25.5 Å². The van der Waals surface area contributed by atoms with Gasteiger partial charge in [0.05, 0.1) is 5.56 Å². The fraction of sp³-hybridized carbons (Fsp3) is 0.455. The molecule has 0 amide bonds. The average Bonchev–Trinajstić information content (AvgIpc) is 2.13. The molecule has 0 N–H and O–H groups in total. The van der Waals surface area contributed by atoms with Crippen LogP contribution in [-0.4, -0.2) is 0 Å². The summed E-state index contributed by atoms with van der Waals surface area (Å²) in [6.45, 7) is 6.82. The molecule has 0 aliphatic carbocycles. The van der Waals surface area contributed by atoms with Crippen LogP contribution in [0.5, 0.6) is 0 Å². The topological polar surface area (TPSA) is 0 Å². The summed E-state index contributed by atoms with van der Waals surface area (Å²) in [4.78, 5) is 0. The summed E-state index contributed by atoms with van der Waals surface area (Å²) < 4.78 is 49.5. The Labute approximate surface area is 86.9 Å². The van der Waals surface area contributed by atoms with Gasteiger partial charge >= 0.3 is 6.18 Å². The van der Waals surface area contributed by atoms with E-state index >= 15 is 0 Å². The van der Waals surface area contributed by atoms with Crippen LogP contribution in [0.25, 0.3) is 0 Å². The Hall–Kier alpha value is -1.06. The summed E-state index contributed by atoms with van der Waals surface area (Å²) in [6.07, 6.45) is -4.61. The van der Waals surface area contributed by atoms with Gasteiger partial charge in [-0.15, -0.1) is 0 Å². The number of aryl methyl sites for hydroxylation is 2. The van der Waals surface area contributed by atoms with Gasteiger partial charge in [-0.1, -0.05) is 25.5 Å². The van der Waals surface area contributed by atoms with Crippen molar-refractivity contribution in [2.45, 2.75) is 33.9 Å². The van der Waals surface area contributed by atoms with Crippen LogP contribution in [0.15, 0.2) is 12.1 Å². The third-order valence-corrected chi connectivity index (χ3v) is 1.70. The van der Waals surface area contributed by atoms with E-state index in [1.807, 2.05) is 13.8 Å². The zero-order valence-corrected chi connectivity index (χ0v) is 9.17. The molecule has 0 saturated heterocycles. The van der Waals surface area contributed by atoms with E-state index in [1.54, 1.807) is 0 Å². The maximum atomic E-state index is 13.0. The fourth-order valence-corrected chi connectivity index (χ4v) is 1.16. The Balaban J connectivity index is 0.000000921. The summed E-state index contributed by atoms with van der Waals surface area (Å²) in [5, 5.41) is 0. The van der Waals surface area contributed by atoms with E-state index in [4.69, 9.17) is 0 Å². The molecule has 4 heteroatoms. The monoisotopic (exact) mass is 222 g/mol. The second-order valence-electron chi connectivity index (χ2n) is 2.94. The lowest BCUT2D eigenvalue weighted by Gasteiger charge is -2.10. The molecule has 1 aromatic rings. The highest BCUT2D eigenvalue weighted by molar-refractivity contribution is 5.32. The molecule has 0 unspecified atom stereocenters.